The minimum Gasteiger partial charge on any atom is -0.503 e. The van der Waals surface area contributed by atoms with E-state index in [0.717, 1.165) is 34.2 Å². The molecule has 0 atom stereocenters. The van der Waals surface area contributed by atoms with Crippen molar-refractivity contribution < 1.29 is 4.74 Å². The fraction of sp³-hybridized carbons (Fsp3) is 0.400. The molecular formula is C5H9NOSi. The summed E-state index contributed by atoms with van der Waals surface area (Å²) in [5, 5.41) is 7.95. The summed E-state index contributed by atoms with van der Waals surface area (Å²) in [4.78, 5) is 0. The van der Waals surface area contributed by atoms with Crippen LogP contribution in [0.15, 0.2) is 11.0 Å². The Kier molecular flexibility index (Phi) is 1.48. The Morgan fingerprint density at radius 2 is 2.50 bits per heavy atom. The molecule has 1 aliphatic heterocycles. The zero-order valence-electron chi connectivity index (χ0n) is 4.90. The number of nitrogens with one attached hydrogen (secondary N) is 1. The van der Waals surface area contributed by atoms with E-state index >= 15 is 0 Å². The zero-order valence-corrected chi connectivity index (χ0v) is 6.90. The van der Waals surface area contributed by atoms with Gasteiger partial charge in [0.1, 0.15) is 0 Å². The Morgan fingerprint density at radius 1 is 1.75 bits per heavy atom. The molecule has 0 spiro atoms. The topological polar surface area (TPSA) is 33.1 Å². The van der Waals surface area contributed by atoms with Crippen LogP contribution in [0, 0.1) is 5.41 Å². The van der Waals surface area contributed by atoms with Crippen molar-refractivity contribution in [3.63, 3.8) is 0 Å². The van der Waals surface area contributed by atoms with Crippen LogP contribution in [0.3, 0.4) is 0 Å². The molecule has 2 nitrogen and oxygen atoms in total. The van der Waals surface area contributed by atoms with Gasteiger partial charge in [-0.3, -0.25) is 0 Å². The van der Waals surface area contributed by atoms with Gasteiger partial charge in [-0.15, -0.1) is 0 Å². The molecule has 1 rings (SSSR count). The van der Waals surface area contributed by atoms with Gasteiger partial charge in [-0.1, -0.05) is 0 Å². The van der Waals surface area contributed by atoms with Crippen molar-refractivity contribution in [2.45, 2.75) is 6.42 Å². The normalized spacial score (nSPS) is 19.0. The zero-order chi connectivity index (χ0) is 5.98. The molecule has 44 valence electrons. The molecular weight excluding hydrogens is 118 g/mol. The molecule has 1 aliphatic rings. The third kappa shape index (κ3) is 0.814. The summed E-state index contributed by atoms with van der Waals surface area (Å²) < 4.78 is 5.15. The van der Waals surface area contributed by atoms with Gasteiger partial charge in [-0.2, -0.15) is 0 Å². The second-order valence-corrected chi connectivity index (χ2v) is 2.73. The Balaban J connectivity index is 2.72. The summed E-state index contributed by atoms with van der Waals surface area (Å²) in [6, 6.07) is 0. The maximum Gasteiger partial charge on any atom is 0.0912 e. The highest BCUT2D eigenvalue weighted by Crippen LogP contribution is 2.12. The molecule has 0 saturated carbocycles. The second-order valence-electron chi connectivity index (χ2n) is 1.82. The van der Waals surface area contributed by atoms with Crippen LogP contribution < -0.4 is 0 Å². The molecule has 0 unspecified atom stereocenters. The van der Waals surface area contributed by atoms with Crippen molar-refractivity contribution in [1.29, 1.82) is 5.41 Å². The average molecular weight is 127 g/mol. The van der Waals surface area contributed by atoms with E-state index in [-0.39, 0.29) is 0 Å². The lowest BCUT2D eigenvalue weighted by atomic mass is 10.3. The van der Waals surface area contributed by atoms with E-state index in [2.05, 4.69) is 0 Å². The second kappa shape index (κ2) is 2.13. The van der Waals surface area contributed by atoms with Crippen molar-refractivity contribution in [1.82, 2.24) is 0 Å². The molecule has 8 heavy (non-hydrogen) atoms. The highest BCUT2D eigenvalue weighted by molar-refractivity contribution is 6.22. The summed E-state index contributed by atoms with van der Waals surface area (Å²) in [7, 11) is 0.952. The summed E-state index contributed by atoms with van der Waals surface area (Å²) in [6.07, 6.45) is 2.34. The molecule has 1 heterocycles. The lowest BCUT2D eigenvalue weighted by Gasteiger charge is -1.91. The van der Waals surface area contributed by atoms with Crippen LogP contribution in [-0.2, 0) is 4.74 Å². The van der Waals surface area contributed by atoms with E-state index in [4.69, 9.17) is 10.1 Å². The van der Waals surface area contributed by atoms with Gasteiger partial charge in [-0.25, -0.2) is 0 Å². The Bertz CT molecular complexity index is 141. The Labute approximate surface area is 51.5 Å². The van der Waals surface area contributed by atoms with Crippen LogP contribution >= 0.6 is 0 Å². The van der Waals surface area contributed by atoms with Gasteiger partial charge in [-0.05, 0) is 0 Å². The quantitative estimate of drug-likeness (QED) is 0.378. The third-order valence-corrected chi connectivity index (χ3v) is 2.25. The van der Waals surface area contributed by atoms with Gasteiger partial charge in [0, 0.05) is 18.2 Å². The minimum absolute atomic E-state index is 0.795. The van der Waals surface area contributed by atoms with E-state index in [9.17, 15) is 0 Å². The average Bonchev–Trinajstić information content (AvgIpc) is 2.14. The molecule has 0 amide bonds. The molecule has 0 radical (unpaired) electrons. The SMILES string of the molecule is N=CC1=C([SiH3])OCC1. The number of ether oxygens (including phenoxy) is 1. The molecule has 0 aliphatic carbocycles. The summed E-state index contributed by atoms with van der Waals surface area (Å²) in [5.41, 5.74) is 1.09. The van der Waals surface area contributed by atoms with Crippen LogP contribution in [0.4, 0.5) is 0 Å². The van der Waals surface area contributed by atoms with E-state index in [1.807, 2.05) is 0 Å². The summed E-state index contributed by atoms with van der Waals surface area (Å²) in [5.74, 6) is 0. The third-order valence-electron chi connectivity index (χ3n) is 1.32. The van der Waals surface area contributed by atoms with Gasteiger partial charge >= 0.3 is 0 Å². The lowest BCUT2D eigenvalue weighted by Crippen LogP contribution is -1.83. The molecule has 3 heteroatoms. The minimum atomic E-state index is 0.795. The van der Waals surface area contributed by atoms with E-state index in [1.54, 1.807) is 0 Å². The van der Waals surface area contributed by atoms with Gasteiger partial charge in [0.05, 0.1) is 22.2 Å². The van der Waals surface area contributed by atoms with Crippen LogP contribution in [0.25, 0.3) is 0 Å². The summed E-state index contributed by atoms with van der Waals surface area (Å²) >= 11 is 0. The Morgan fingerprint density at radius 3 is 2.75 bits per heavy atom. The van der Waals surface area contributed by atoms with E-state index < -0.39 is 0 Å². The Hall–Kier alpha value is -0.573. The number of rotatable bonds is 1. The first kappa shape index (κ1) is 5.56. The van der Waals surface area contributed by atoms with Crippen molar-refractivity contribution in [3.8, 4) is 0 Å². The van der Waals surface area contributed by atoms with Crippen molar-refractivity contribution in [2.24, 2.45) is 0 Å². The van der Waals surface area contributed by atoms with Gasteiger partial charge < -0.3 is 10.1 Å². The smallest absolute Gasteiger partial charge is 0.0912 e. The maximum absolute atomic E-state index is 6.89. The standard InChI is InChI=1S/C5H9NOSi/c6-3-4-1-2-7-5(4)8/h3,6H,1-2H2,8H3. The molecule has 1 N–H and O–H groups in total. The van der Waals surface area contributed by atoms with Crippen molar-refractivity contribution in [2.75, 3.05) is 6.61 Å². The van der Waals surface area contributed by atoms with Crippen LogP contribution in [-0.4, -0.2) is 23.1 Å². The monoisotopic (exact) mass is 127 g/mol. The lowest BCUT2D eigenvalue weighted by molar-refractivity contribution is 0.268. The van der Waals surface area contributed by atoms with Gasteiger partial charge in [0.15, 0.2) is 0 Å². The number of hydrogen-bond donors (Lipinski definition) is 1. The first-order valence-corrected chi connectivity index (χ1v) is 3.67. The number of hydrogen-bond acceptors (Lipinski definition) is 2. The maximum atomic E-state index is 6.89. The van der Waals surface area contributed by atoms with Crippen molar-refractivity contribution >= 4 is 16.5 Å². The van der Waals surface area contributed by atoms with Crippen molar-refractivity contribution in [3.05, 3.63) is 11.0 Å². The van der Waals surface area contributed by atoms with Crippen LogP contribution in [0.1, 0.15) is 6.42 Å². The molecule has 0 bridgehead atoms. The molecule has 0 saturated heterocycles. The molecule has 0 fully saturated rings. The highest BCUT2D eigenvalue weighted by atomic mass is 28.1. The van der Waals surface area contributed by atoms with Gasteiger partial charge in [0.2, 0.25) is 0 Å². The van der Waals surface area contributed by atoms with Crippen LogP contribution in [0.2, 0.25) is 0 Å². The molecule has 0 aromatic carbocycles. The predicted molar refractivity (Wildman–Crippen MR) is 36.3 cm³/mol. The largest absolute Gasteiger partial charge is 0.503 e. The van der Waals surface area contributed by atoms with E-state index in [1.165, 1.54) is 6.21 Å². The predicted octanol–water partition coefficient (Wildman–Crippen LogP) is -0.367. The fourth-order valence-electron chi connectivity index (χ4n) is 0.757. The molecule has 0 aromatic heterocycles. The fourth-order valence-corrected chi connectivity index (χ4v) is 1.36. The van der Waals surface area contributed by atoms with E-state index in [0.29, 0.717) is 0 Å². The summed E-state index contributed by atoms with van der Waals surface area (Å²) in [6.45, 7) is 0.795. The molecule has 0 aromatic rings. The highest BCUT2D eigenvalue weighted by Gasteiger charge is 2.07. The first-order chi connectivity index (χ1) is 3.84. The van der Waals surface area contributed by atoms with Gasteiger partial charge in [0.25, 0.3) is 0 Å². The first-order valence-electron chi connectivity index (χ1n) is 2.67. The van der Waals surface area contributed by atoms with Crippen LogP contribution in [0.5, 0.6) is 0 Å².